The molecule has 0 saturated carbocycles. The first-order valence-electron chi connectivity index (χ1n) is 7.22. The van der Waals surface area contributed by atoms with Gasteiger partial charge in [-0.05, 0) is 25.2 Å². The maximum Gasteiger partial charge on any atom is 0.416 e. The summed E-state index contributed by atoms with van der Waals surface area (Å²) in [5, 5.41) is 2.77. The van der Waals surface area contributed by atoms with Gasteiger partial charge in [0.1, 0.15) is 0 Å². The van der Waals surface area contributed by atoms with Gasteiger partial charge in [-0.1, -0.05) is 6.07 Å². The van der Waals surface area contributed by atoms with E-state index in [4.69, 9.17) is 0 Å². The monoisotopic (exact) mass is 329 g/mol. The van der Waals surface area contributed by atoms with Gasteiger partial charge in [-0.3, -0.25) is 9.59 Å². The van der Waals surface area contributed by atoms with Crippen LogP contribution in [-0.2, 0) is 11.0 Å². The van der Waals surface area contributed by atoms with Crippen molar-refractivity contribution >= 4 is 11.8 Å². The first-order valence-corrected chi connectivity index (χ1v) is 7.22. The average Bonchev–Trinajstić information content (AvgIpc) is 2.54. The number of rotatable bonds is 3. The molecule has 1 fully saturated rings. The highest BCUT2D eigenvalue weighted by Gasteiger charge is 2.32. The van der Waals surface area contributed by atoms with Gasteiger partial charge in [0.05, 0.1) is 12.1 Å². The average molecular weight is 329 g/mol. The van der Waals surface area contributed by atoms with Crippen LogP contribution in [0.25, 0.3) is 0 Å². The molecule has 1 aliphatic rings. The Bertz CT molecular complexity index is 582. The van der Waals surface area contributed by atoms with E-state index in [2.05, 4.69) is 5.32 Å². The zero-order valence-corrected chi connectivity index (χ0v) is 12.7. The van der Waals surface area contributed by atoms with E-state index < -0.39 is 17.6 Å². The molecule has 0 radical (unpaired) electrons. The molecule has 126 valence electrons. The Morgan fingerprint density at radius 1 is 1.13 bits per heavy atom. The van der Waals surface area contributed by atoms with Crippen molar-refractivity contribution in [1.29, 1.82) is 0 Å². The number of alkyl halides is 3. The van der Waals surface area contributed by atoms with Crippen LogP contribution in [0.4, 0.5) is 13.2 Å². The molecule has 0 unspecified atom stereocenters. The Morgan fingerprint density at radius 3 is 2.30 bits per heavy atom. The van der Waals surface area contributed by atoms with E-state index in [0.717, 1.165) is 12.1 Å². The summed E-state index contributed by atoms with van der Waals surface area (Å²) in [6, 6.07) is 4.39. The standard InChI is InChI=1S/C15H18F3N3O2/c1-19-10-13(22)20-5-7-21(8-6-20)14(23)11-3-2-4-12(9-11)15(16,17)18/h2-4,9,19H,5-8,10H2,1H3. The second-order valence-electron chi connectivity index (χ2n) is 5.28. The fourth-order valence-corrected chi connectivity index (χ4v) is 2.43. The summed E-state index contributed by atoms with van der Waals surface area (Å²) in [6.07, 6.45) is -4.48. The Kier molecular flexibility index (Phi) is 5.25. The van der Waals surface area contributed by atoms with Crippen LogP contribution in [0.1, 0.15) is 15.9 Å². The predicted octanol–water partition coefficient (Wildman–Crippen LogP) is 1.21. The number of amides is 2. The zero-order valence-electron chi connectivity index (χ0n) is 12.7. The Hall–Kier alpha value is -2.09. The summed E-state index contributed by atoms with van der Waals surface area (Å²) in [7, 11) is 1.67. The largest absolute Gasteiger partial charge is 0.416 e. The number of benzene rings is 1. The lowest BCUT2D eigenvalue weighted by Gasteiger charge is -2.34. The van der Waals surface area contributed by atoms with Crippen molar-refractivity contribution in [2.24, 2.45) is 0 Å². The molecule has 2 rings (SSSR count). The van der Waals surface area contributed by atoms with Gasteiger partial charge in [0, 0.05) is 31.7 Å². The molecule has 1 saturated heterocycles. The first kappa shape index (κ1) is 17.3. The van der Waals surface area contributed by atoms with E-state index in [9.17, 15) is 22.8 Å². The van der Waals surface area contributed by atoms with Crippen molar-refractivity contribution < 1.29 is 22.8 Å². The number of nitrogens with zero attached hydrogens (tertiary/aromatic N) is 2. The van der Waals surface area contributed by atoms with Gasteiger partial charge in [0.15, 0.2) is 0 Å². The topological polar surface area (TPSA) is 52.7 Å². The highest BCUT2D eigenvalue weighted by atomic mass is 19.4. The van der Waals surface area contributed by atoms with Gasteiger partial charge < -0.3 is 15.1 Å². The van der Waals surface area contributed by atoms with Crippen LogP contribution in [0.2, 0.25) is 0 Å². The van der Waals surface area contributed by atoms with E-state index in [1.54, 1.807) is 11.9 Å². The highest BCUT2D eigenvalue weighted by Crippen LogP contribution is 2.29. The Balaban J connectivity index is 2.02. The minimum atomic E-state index is -4.48. The van der Waals surface area contributed by atoms with Crippen LogP contribution in [0.5, 0.6) is 0 Å². The van der Waals surface area contributed by atoms with Crippen molar-refractivity contribution in [3.8, 4) is 0 Å². The number of hydrogen-bond donors (Lipinski definition) is 1. The number of nitrogens with one attached hydrogen (secondary N) is 1. The van der Waals surface area contributed by atoms with Gasteiger partial charge in [-0.25, -0.2) is 0 Å². The van der Waals surface area contributed by atoms with Crippen LogP contribution < -0.4 is 5.32 Å². The Morgan fingerprint density at radius 2 is 1.74 bits per heavy atom. The molecule has 23 heavy (non-hydrogen) atoms. The van der Waals surface area contributed by atoms with Gasteiger partial charge in [-0.2, -0.15) is 13.2 Å². The van der Waals surface area contributed by atoms with Crippen molar-refractivity contribution in [2.75, 3.05) is 39.8 Å². The van der Waals surface area contributed by atoms with Gasteiger partial charge in [-0.15, -0.1) is 0 Å². The molecule has 0 aromatic heterocycles. The normalized spacial score (nSPS) is 15.7. The lowest BCUT2D eigenvalue weighted by atomic mass is 10.1. The SMILES string of the molecule is CNCC(=O)N1CCN(C(=O)c2cccc(C(F)(F)F)c2)CC1. The fraction of sp³-hybridized carbons (Fsp3) is 0.467. The van der Waals surface area contributed by atoms with Crippen LogP contribution in [0, 0.1) is 0 Å². The van der Waals surface area contributed by atoms with Crippen LogP contribution in [-0.4, -0.2) is 61.4 Å². The highest BCUT2D eigenvalue weighted by molar-refractivity contribution is 5.94. The smallest absolute Gasteiger partial charge is 0.338 e. The third-order valence-electron chi connectivity index (χ3n) is 3.68. The van der Waals surface area contributed by atoms with Crippen LogP contribution >= 0.6 is 0 Å². The predicted molar refractivity (Wildman–Crippen MR) is 77.9 cm³/mol. The molecule has 1 heterocycles. The molecule has 2 amide bonds. The number of piperazine rings is 1. The Labute approximate surface area is 132 Å². The van der Waals surface area contributed by atoms with E-state index >= 15 is 0 Å². The van der Waals surface area contributed by atoms with Gasteiger partial charge in [0.25, 0.3) is 5.91 Å². The fourth-order valence-electron chi connectivity index (χ4n) is 2.43. The van der Waals surface area contributed by atoms with Crippen molar-refractivity contribution in [2.45, 2.75) is 6.18 Å². The maximum absolute atomic E-state index is 12.7. The quantitative estimate of drug-likeness (QED) is 0.907. The van der Waals surface area contributed by atoms with E-state index in [0.29, 0.717) is 26.2 Å². The van der Waals surface area contributed by atoms with E-state index in [1.807, 2.05) is 0 Å². The first-order chi connectivity index (χ1) is 10.8. The lowest BCUT2D eigenvalue weighted by Crippen LogP contribution is -2.52. The lowest BCUT2D eigenvalue weighted by molar-refractivity contribution is -0.137. The summed E-state index contributed by atoms with van der Waals surface area (Å²) in [4.78, 5) is 27.2. The molecular formula is C15H18F3N3O2. The third-order valence-corrected chi connectivity index (χ3v) is 3.68. The summed E-state index contributed by atoms with van der Waals surface area (Å²) in [5.41, 5.74) is -0.832. The number of hydrogen-bond acceptors (Lipinski definition) is 3. The van der Waals surface area contributed by atoms with Crippen molar-refractivity contribution in [3.63, 3.8) is 0 Å². The summed E-state index contributed by atoms with van der Waals surface area (Å²) < 4.78 is 38.1. The number of halogens is 3. The van der Waals surface area contributed by atoms with E-state index in [1.165, 1.54) is 17.0 Å². The van der Waals surface area contributed by atoms with Crippen molar-refractivity contribution in [1.82, 2.24) is 15.1 Å². The molecular weight excluding hydrogens is 311 g/mol. The molecule has 1 aliphatic heterocycles. The molecule has 0 bridgehead atoms. The second-order valence-corrected chi connectivity index (χ2v) is 5.28. The molecule has 1 aromatic carbocycles. The van der Waals surface area contributed by atoms with Gasteiger partial charge in [0.2, 0.25) is 5.91 Å². The molecule has 8 heteroatoms. The van der Waals surface area contributed by atoms with Crippen LogP contribution in [0.3, 0.4) is 0 Å². The molecule has 1 N–H and O–H groups in total. The maximum atomic E-state index is 12.7. The molecule has 0 aliphatic carbocycles. The molecule has 1 aromatic rings. The summed E-state index contributed by atoms with van der Waals surface area (Å²) in [5.74, 6) is -0.504. The summed E-state index contributed by atoms with van der Waals surface area (Å²) in [6.45, 7) is 1.60. The second kappa shape index (κ2) is 6.99. The third kappa shape index (κ3) is 4.22. The van der Waals surface area contributed by atoms with Gasteiger partial charge >= 0.3 is 6.18 Å². The molecule has 0 spiro atoms. The molecule has 0 atom stereocenters. The summed E-state index contributed by atoms with van der Waals surface area (Å²) >= 11 is 0. The minimum absolute atomic E-state index is 0.00910. The minimum Gasteiger partial charge on any atom is -0.338 e. The number of carbonyl (C=O) groups is 2. The van der Waals surface area contributed by atoms with Crippen molar-refractivity contribution in [3.05, 3.63) is 35.4 Å². The van der Waals surface area contributed by atoms with Crippen LogP contribution in [0.15, 0.2) is 24.3 Å². The molecule has 5 nitrogen and oxygen atoms in total. The van der Waals surface area contributed by atoms with E-state index in [-0.39, 0.29) is 18.0 Å². The zero-order chi connectivity index (χ0) is 17.0. The number of carbonyl (C=O) groups excluding carboxylic acids is 2. The number of likely N-dealkylation sites (N-methyl/N-ethyl adjacent to an activating group) is 1.